The van der Waals surface area contributed by atoms with Crippen LogP contribution >= 0.6 is 12.6 Å². The van der Waals surface area contributed by atoms with Crippen LogP contribution in [-0.4, -0.2) is 0 Å². The first-order chi connectivity index (χ1) is 7.66. The number of nitrogens with one attached hydrogen (secondary N) is 1. The maximum Gasteiger partial charge on any atom is 0.0617 e. The molecule has 0 fully saturated rings. The lowest BCUT2D eigenvalue weighted by atomic mass is 10.2. The number of anilines is 3. The molecule has 0 aliphatic carbocycles. The molecule has 3 N–H and O–H groups in total. The van der Waals surface area contributed by atoms with Crippen molar-refractivity contribution < 1.29 is 0 Å². The van der Waals surface area contributed by atoms with E-state index in [1.54, 1.807) is 0 Å². The fourth-order valence-electron chi connectivity index (χ4n) is 1.50. The van der Waals surface area contributed by atoms with Gasteiger partial charge in [0, 0.05) is 10.6 Å². The van der Waals surface area contributed by atoms with E-state index in [0.29, 0.717) is 0 Å². The molecule has 16 heavy (non-hydrogen) atoms. The molecule has 0 aliphatic heterocycles. The lowest BCUT2D eigenvalue weighted by molar-refractivity contribution is 1.31. The summed E-state index contributed by atoms with van der Waals surface area (Å²) in [5.74, 6) is 0. The average Bonchev–Trinajstić information content (AvgIpc) is 2.27. The van der Waals surface area contributed by atoms with Crippen molar-refractivity contribution in [2.75, 3.05) is 11.1 Å². The van der Waals surface area contributed by atoms with Crippen LogP contribution in [-0.2, 0) is 0 Å². The molecule has 0 atom stereocenters. The van der Waals surface area contributed by atoms with Crippen LogP contribution in [0.4, 0.5) is 17.1 Å². The summed E-state index contributed by atoms with van der Waals surface area (Å²) in [6.07, 6.45) is 0. The summed E-state index contributed by atoms with van der Waals surface area (Å²) >= 11 is 4.34. The van der Waals surface area contributed by atoms with Gasteiger partial charge in [-0.3, -0.25) is 0 Å². The van der Waals surface area contributed by atoms with Crippen molar-refractivity contribution in [1.82, 2.24) is 0 Å². The zero-order valence-corrected chi connectivity index (χ0v) is 9.96. The van der Waals surface area contributed by atoms with Crippen LogP contribution < -0.4 is 11.1 Å². The molecule has 2 aromatic carbocycles. The number of nitrogen functional groups attached to an aromatic ring is 1. The number of para-hydroxylation sites is 2. The summed E-state index contributed by atoms with van der Waals surface area (Å²) < 4.78 is 0. The molecule has 0 saturated heterocycles. The number of nitrogens with two attached hydrogens (primary N) is 1. The van der Waals surface area contributed by atoms with E-state index in [-0.39, 0.29) is 0 Å². The van der Waals surface area contributed by atoms with Gasteiger partial charge < -0.3 is 11.1 Å². The van der Waals surface area contributed by atoms with Gasteiger partial charge in [-0.05, 0) is 42.8 Å². The number of thiol groups is 1. The Kier molecular flexibility index (Phi) is 3.06. The van der Waals surface area contributed by atoms with Crippen molar-refractivity contribution >= 4 is 29.7 Å². The molecule has 82 valence electrons. The Morgan fingerprint density at radius 3 is 2.56 bits per heavy atom. The fraction of sp³-hybridized carbons (Fsp3) is 0.0769. The summed E-state index contributed by atoms with van der Waals surface area (Å²) in [7, 11) is 0. The SMILES string of the molecule is Cc1cc(Nc2ccccc2N)ccc1S. The standard InChI is InChI=1S/C13H14N2S/c1-9-8-10(6-7-13(9)16)15-12-5-3-2-4-11(12)14/h2-8,15-16H,14H2,1H3. The molecule has 3 heteroatoms. The highest BCUT2D eigenvalue weighted by atomic mass is 32.1. The molecule has 0 aliphatic rings. The van der Waals surface area contributed by atoms with Crippen molar-refractivity contribution in [3.8, 4) is 0 Å². The molecule has 0 aromatic heterocycles. The number of hydrogen-bond donors (Lipinski definition) is 3. The van der Waals surface area contributed by atoms with Crippen molar-refractivity contribution in [2.45, 2.75) is 11.8 Å². The summed E-state index contributed by atoms with van der Waals surface area (Å²) in [6.45, 7) is 2.03. The van der Waals surface area contributed by atoms with Crippen molar-refractivity contribution in [3.05, 3.63) is 48.0 Å². The van der Waals surface area contributed by atoms with Gasteiger partial charge in [0.15, 0.2) is 0 Å². The quantitative estimate of drug-likeness (QED) is 0.544. The smallest absolute Gasteiger partial charge is 0.0617 e. The van der Waals surface area contributed by atoms with Crippen LogP contribution in [0.1, 0.15) is 5.56 Å². The molecule has 0 amide bonds. The molecule has 0 spiro atoms. The van der Waals surface area contributed by atoms with E-state index in [9.17, 15) is 0 Å². The Hall–Kier alpha value is -1.61. The van der Waals surface area contributed by atoms with Crippen LogP contribution in [0.15, 0.2) is 47.4 Å². The van der Waals surface area contributed by atoms with E-state index in [4.69, 9.17) is 5.73 Å². The van der Waals surface area contributed by atoms with E-state index in [1.807, 2.05) is 43.3 Å². The second kappa shape index (κ2) is 4.49. The molecule has 2 nitrogen and oxygen atoms in total. The van der Waals surface area contributed by atoms with E-state index >= 15 is 0 Å². The van der Waals surface area contributed by atoms with Gasteiger partial charge in [0.2, 0.25) is 0 Å². The predicted octanol–water partition coefficient (Wildman–Crippen LogP) is 3.61. The number of benzene rings is 2. The summed E-state index contributed by atoms with van der Waals surface area (Å²) in [5.41, 5.74) is 9.69. The Morgan fingerprint density at radius 2 is 1.88 bits per heavy atom. The van der Waals surface area contributed by atoms with Gasteiger partial charge in [-0.2, -0.15) is 0 Å². The molecule has 0 unspecified atom stereocenters. The van der Waals surface area contributed by atoms with Gasteiger partial charge in [-0.25, -0.2) is 0 Å². The van der Waals surface area contributed by atoms with Gasteiger partial charge >= 0.3 is 0 Å². The van der Waals surface area contributed by atoms with Gasteiger partial charge in [-0.1, -0.05) is 12.1 Å². The van der Waals surface area contributed by atoms with Crippen LogP contribution in [0.5, 0.6) is 0 Å². The second-order valence-electron chi connectivity index (χ2n) is 3.71. The lowest BCUT2D eigenvalue weighted by Crippen LogP contribution is -1.96. The van der Waals surface area contributed by atoms with E-state index in [0.717, 1.165) is 27.5 Å². The highest BCUT2D eigenvalue weighted by Gasteiger charge is 2.00. The maximum atomic E-state index is 5.86. The third-order valence-corrected chi connectivity index (χ3v) is 2.94. The molecule has 0 bridgehead atoms. The largest absolute Gasteiger partial charge is 0.397 e. The number of aryl methyl sites for hydroxylation is 1. The zero-order valence-electron chi connectivity index (χ0n) is 9.07. The first-order valence-corrected chi connectivity index (χ1v) is 5.52. The summed E-state index contributed by atoms with van der Waals surface area (Å²) in [4.78, 5) is 0.992. The average molecular weight is 230 g/mol. The third kappa shape index (κ3) is 2.31. The van der Waals surface area contributed by atoms with Gasteiger partial charge in [0.25, 0.3) is 0 Å². The summed E-state index contributed by atoms with van der Waals surface area (Å²) in [6, 6.07) is 13.7. The van der Waals surface area contributed by atoms with Gasteiger partial charge in [0.1, 0.15) is 0 Å². The van der Waals surface area contributed by atoms with Gasteiger partial charge in [0.05, 0.1) is 11.4 Å². The highest BCUT2D eigenvalue weighted by Crippen LogP contribution is 2.24. The first kappa shape index (κ1) is 10.9. The minimum Gasteiger partial charge on any atom is -0.397 e. The number of hydrogen-bond acceptors (Lipinski definition) is 3. The molecule has 0 radical (unpaired) electrons. The van der Waals surface area contributed by atoms with Crippen LogP contribution in [0.25, 0.3) is 0 Å². The molecular formula is C13H14N2S. The Balaban J connectivity index is 2.28. The van der Waals surface area contributed by atoms with Crippen molar-refractivity contribution in [2.24, 2.45) is 0 Å². The fourth-order valence-corrected chi connectivity index (χ4v) is 1.64. The van der Waals surface area contributed by atoms with Crippen LogP contribution in [0.3, 0.4) is 0 Å². The lowest BCUT2D eigenvalue weighted by Gasteiger charge is -2.10. The third-order valence-electron chi connectivity index (χ3n) is 2.44. The van der Waals surface area contributed by atoms with Crippen LogP contribution in [0, 0.1) is 6.92 Å². The van der Waals surface area contributed by atoms with Gasteiger partial charge in [-0.15, -0.1) is 12.6 Å². The monoisotopic (exact) mass is 230 g/mol. The minimum absolute atomic E-state index is 0.745. The Bertz CT molecular complexity index is 509. The van der Waals surface area contributed by atoms with E-state index in [2.05, 4.69) is 24.0 Å². The molecule has 0 heterocycles. The Labute approximate surface area is 101 Å². The van der Waals surface area contributed by atoms with Crippen molar-refractivity contribution in [1.29, 1.82) is 0 Å². The minimum atomic E-state index is 0.745. The molecule has 2 rings (SSSR count). The number of rotatable bonds is 2. The molecule has 2 aromatic rings. The molecule has 0 saturated carbocycles. The first-order valence-electron chi connectivity index (χ1n) is 5.08. The molecular weight excluding hydrogens is 216 g/mol. The predicted molar refractivity (Wildman–Crippen MR) is 72.6 cm³/mol. The van der Waals surface area contributed by atoms with Crippen molar-refractivity contribution in [3.63, 3.8) is 0 Å². The van der Waals surface area contributed by atoms with Crippen LogP contribution in [0.2, 0.25) is 0 Å². The zero-order chi connectivity index (χ0) is 11.5. The topological polar surface area (TPSA) is 38.0 Å². The highest BCUT2D eigenvalue weighted by molar-refractivity contribution is 7.80. The maximum absolute atomic E-state index is 5.86. The second-order valence-corrected chi connectivity index (χ2v) is 4.20. The Morgan fingerprint density at radius 1 is 1.12 bits per heavy atom. The van der Waals surface area contributed by atoms with E-state index in [1.165, 1.54) is 0 Å². The normalized spacial score (nSPS) is 10.1. The summed E-state index contributed by atoms with van der Waals surface area (Å²) in [5, 5.41) is 3.28. The van der Waals surface area contributed by atoms with E-state index < -0.39 is 0 Å².